The van der Waals surface area contributed by atoms with E-state index in [0.717, 1.165) is 69.0 Å². The van der Waals surface area contributed by atoms with Crippen molar-refractivity contribution >= 4 is 35.6 Å². The zero-order valence-electron chi connectivity index (χ0n) is 18.4. The van der Waals surface area contributed by atoms with Crippen molar-refractivity contribution in [3.05, 3.63) is 47.2 Å². The lowest BCUT2D eigenvalue weighted by Gasteiger charge is -2.30. The third kappa shape index (κ3) is 5.35. The number of para-hydroxylation sites is 1. The van der Waals surface area contributed by atoms with Gasteiger partial charge in [-0.3, -0.25) is 9.89 Å². The molecule has 0 amide bonds. The molecule has 0 spiro atoms. The Morgan fingerprint density at radius 3 is 2.67 bits per heavy atom. The monoisotopic (exact) mass is 523 g/mol. The molecular weight excluding hydrogens is 489 g/mol. The molecule has 2 aromatic rings. The molecule has 0 radical (unpaired) electrons. The van der Waals surface area contributed by atoms with E-state index in [1.165, 1.54) is 24.1 Å². The van der Waals surface area contributed by atoms with Crippen molar-refractivity contribution in [2.45, 2.75) is 46.6 Å². The molecule has 4 rings (SSSR count). The molecule has 1 aromatic carbocycles. The number of aryl methyl sites for hydroxylation is 2. The van der Waals surface area contributed by atoms with E-state index in [-0.39, 0.29) is 24.0 Å². The maximum Gasteiger partial charge on any atom is 0.208 e. The van der Waals surface area contributed by atoms with Gasteiger partial charge < -0.3 is 14.6 Å². The standard InChI is InChI=1S/C23H33N5O.HI/c1-4-24-23(28-14-11-20-7-5-6-8-21(20)28)25-15-19-9-12-27(13-10-19)16-22-26-17(2)18(3)29-22;/h5-8,19H,4,9-16H2,1-3H3,(H,24,25);1H. The van der Waals surface area contributed by atoms with Gasteiger partial charge in [0.15, 0.2) is 5.96 Å². The summed E-state index contributed by atoms with van der Waals surface area (Å²) in [4.78, 5) is 14.3. The van der Waals surface area contributed by atoms with Crippen molar-refractivity contribution in [3.8, 4) is 0 Å². The predicted octanol–water partition coefficient (Wildman–Crippen LogP) is 4.15. The molecule has 0 saturated carbocycles. The molecule has 0 unspecified atom stereocenters. The largest absolute Gasteiger partial charge is 0.444 e. The molecule has 0 aliphatic carbocycles. The Morgan fingerprint density at radius 1 is 1.20 bits per heavy atom. The summed E-state index contributed by atoms with van der Waals surface area (Å²) in [6, 6.07) is 8.68. The third-order valence-electron chi connectivity index (χ3n) is 6.12. The van der Waals surface area contributed by atoms with Crippen LogP contribution in [0.15, 0.2) is 33.7 Å². The molecule has 6 nitrogen and oxygen atoms in total. The molecule has 30 heavy (non-hydrogen) atoms. The van der Waals surface area contributed by atoms with E-state index in [4.69, 9.17) is 9.41 Å². The average Bonchev–Trinajstić information content (AvgIpc) is 3.29. The van der Waals surface area contributed by atoms with Crippen molar-refractivity contribution < 1.29 is 4.42 Å². The van der Waals surface area contributed by atoms with Gasteiger partial charge in [-0.25, -0.2) is 4.98 Å². The number of benzene rings is 1. The van der Waals surface area contributed by atoms with Crippen LogP contribution in [0.1, 0.15) is 42.7 Å². The molecule has 1 aromatic heterocycles. The molecule has 1 fully saturated rings. The Bertz CT molecular complexity index is 838. The highest BCUT2D eigenvalue weighted by atomic mass is 127. The van der Waals surface area contributed by atoms with Crippen molar-refractivity contribution in [1.82, 2.24) is 15.2 Å². The fraction of sp³-hybridized carbons (Fsp3) is 0.565. The van der Waals surface area contributed by atoms with Gasteiger partial charge in [0.05, 0.1) is 12.2 Å². The normalized spacial score (nSPS) is 17.7. The van der Waals surface area contributed by atoms with Gasteiger partial charge in [0.25, 0.3) is 0 Å². The first kappa shape index (κ1) is 23.1. The van der Waals surface area contributed by atoms with Crippen molar-refractivity contribution in [2.75, 3.05) is 37.6 Å². The minimum absolute atomic E-state index is 0. The third-order valence-corrected chi connectivity index (χ3v) is 6.12. The Balaban J connectivity index is 0.00000256. The predicted molar refractivity (Wildman–Crippen MR) is 133 cm³/mol. The zero-order valence-corrected chi connectivity index (χ0v) is 20.7. The van der Waals surface area contributed by atoms with E-state index in [1.807, 2.05) is 13.8 Å². The van der Waals surface area contributed by atoms with Crippen LogP contribution in [0.25, 0.3) is 0 Å². The number of rotatable bonds is 5. The second-order valence-electron chi connectivity index (χ2n) is 8.19. The SMILES string of the molecule is CCNC(=NCC1CCN(Cc2nc(C)c(C)o2)CC1)N1CCc2ccccc21.I. The minimum Gasteiger partial charge on any atom is -0.444 e. The molecule has 3 heterocycles. The number of piperidine rings is 1. The second kappa shape index (κ2) is 10.6. The molecule has 0 bridgehead atoms. The van der Waals surface area contributed by atoms with Crippen LogP contribution < -0.4 is 10.2 Å². The molecule has 2 aliphatic heterocycles. The zero-order chi connectivity index (χ0) is 20.2. The van der Waals surface area contributed by atoms with Gasteiger partial charge in [-0.15, -0.1) is 24.0 Å². The van der Waals surface area contributed by atoms with Crippen LogP contribution in [0, 0.1) is 19.8 Å². The number of aromatic nitrogens is 1. The first-order chi connectivity index (χ1) is 14.1. The van der Waals surface area contributed by atoms with Crippen LogP contribution in [-0.2, 0) is 13.0 Å². The number of hydrogen-bond acceptors (Lipinski definition) is 4. The molecule has 2 aliphatic rings. The fourth-order valence-electron chi connectivity index (χ4n) is 4.29. The number of oxazole rings is 1. The Labute approximate surface area is 197 Å². The lowest BCUT2D eigenvalue weighted by Crippen LogP contribution is -2.41. The first-order valence-electron chi connectivity index (χ1n) is 10.9. The lowest BCUT2D eigenvalue weighted by atomic mass is 9.97. The van der Waals surface area contributed by atoms with E-state index < -0.39 is 0 Å². The van der Waals surface area contributed by atoms with E-state index in [9.17, 15) is 0 Å². The molecule has 7 heteroatoms. The second-order valence-corrected chi connectivity index (χ2v) is 8.19. The Kier molecular flexibility index (Phi) is 8.16. The quantitative estimate of drug-likeness (QED) is 0.363. The highest BCUT2D eigenvalue weighted by molar-refractivity contribution is 14.0. The van der Waals surface area contributed by atoms with Crippen molar-refractivity contribution in [1.29, 1.82) is 0 Å². The smallest absolute Gasteiger partial charge is 0.208 e. The van der Waals surface area contributed by atoms with Gasteiger partial charge in [0.2, 0.25) is 5.89 Å². The summed E-state index contributed by atoms with van der Waals surface area (Å²) in [7, 11) is 0. The number of halogens is 1. The lowest BCUT2D eigenvalue weighted by molar-refractivity contribution is 0.166. The van der Waals surface area contributed by atoms with Gasteiger partial charge in [0.1, 0.15) is 5.76 Å². The highest BCUT2D eigenvalue weighted by Crippen LogP contribution is 2.27. The number of aliphatic imine (C=N–C) groups is 1. The number of fused-ring (bicyclic) bond motifs is 1. The topological polar surface area (TPSA) is 56.9 Å². The van der Waals surface area contributed by atoms with Gasteiger partial charge in [-0.1, -0.05) is 18.2 Å². The van der Waals surface area contributed by atoms with Crippen molar-refractivity contribution in [3.63, 3.8) is 0 Å². The van der Waals surface area contributed by atoms with Crippen LogP contribution in [0.2, 0.25) is 0 Å². The first-order valence-corrected chi connectivity index (χ1v) is 10.9. The van der Waals surface area contributed by atoms with E-state index in [1.54, 1.807) is 0 Å². The Hall–Kier alpha value is -1.61. The minimum atomic E-state index is 0. The van der Waals surface area contributed by atoms with Gasteiger partial charge in [-0.05, 0) is 70.7 Å². The van der Waals surface area contributed by atoms with Crippen LogP contribution in [0.5, 0.6) is 0 Å². The number of nitrogens with zero attached hydrogens (tertiary/aromatic N) is 4. The average molecular weight is 523 g/mol. The summed E-state index contributed by atoms with van der Waals surface area (Å²) in [5.41, 5.74) is 3.73. The molecule has 0 atom stereocenters. The molecule has 164 valence electrons. The summed E-state index contributed by atoms with van der Waals surface area (Å²) < 4.78 is 5.75. The van der Waals surface area contributed by atoms with E-state index in [2.05, 4.69) is 51.3 Å². The number of hydrogen-bond donors (Lipinski definition) is 1. The van der Waals surface area contributed by atoms with Crippen LogP contribution >= 0.6 is 24.0 Å². The number of anilines is 1. The highest BCUT2D eigenvalue weighted by Gasteiger charge is 2.24. The molecule has 1 saturated heterocycles. The van der Waals surface area contributed by atoms with Gasteiger partial charge in [0, 0.05) is 25.3 Å². The number of nitrogens with one attached hydrogen (secondary N) is 1. The fourth-order valence-corrected chi connectivity index (χ4v) is 4.29. The maximum atomic E-state index is 5.75. The van der Waals surface area contributed by atoms with E-state index in [0.29, 0.717) is 5.92 Å². The number of guanidine groups is 1. The summed E-state index contributed by atoms with van der Waals surface area (Å²) in [6.45, 7) is 11.9. The summed E-state index contributed by atoms with van der Waals surface area (Å²) in [6.07, 6.45) is 3.45. The summed E-state index contributed by atoms with van der Waals surface area (Å²) >= 11 is 0. The summed E-state index contributed by atoms with van der Waals surface area (Å²) in [5, 5.41) is 3.50. The maximum absolute atomic E-state index is 5.75. The molecule has 1 N–H and O–H groups in total. The van der Waals surface area contributed by atoms with Crippen LogP contribution in [0.4, 0.5) is 5.69 Å². The van der Waals surface area contributed by atoms with Crippen molar-refractivity contribution in [2.24, 2.45) is 10.9 Å². The van der Waals surface area contributed by atoms with Gasteiger partial charge in [-0.2, -0.15) is 0 Å². The molecular formula is C23H34IN5O. The summed E-state index contributed by atoms with van der Waals surface area (Å²) in [5.74, 6) is 3.46. The van der Waals surface area contributed by atoms with Crippen LogP contribution in [-0.4, -0.2) is 48.6 Å². The van der Waals surface area contributed by atoms with Gasteiger partial charge >= 0.3 is 0 Å². The Morgan fingerprint density at radius 2 is 1.97 bits per heavy atom. The van der Waals surface area contributed by atoms with Crippen LogP contribution in [0.3, 0.4) is 0 Å². The van der Waals surface area contributed by atoms with E-state index >= 15 is 0 Å². The number of likely N-dealkylation sites (tertiary alicyclic amines) is 1.